The number of alkyl carbamates (subject to hydrolysis) is 1. The monoisotopic (exact) mass is 225 g/mol. The molecule has 1 rings (SSSR count). The van der Waals surface area contributed by atoms with Crippen molar-refractivity contribution in [1.29, 1.82) is 0 Å². The van der Waals surface area contributed by atoms with Gasteiger partial charge >= 0.3 is 6.09 Å². The van der Waals surface area contributed by atoms with E-state index in [0.29, 0.717) is 12.4 Å². The van der Waals surface area contributed by atoms with Crippen molar-refractivity contribution < 1.29 is 19.0 Å². The van der Waals surface area contributed by atoms with Crippen LogP contribution in [0.4, 0.5) is 4.79 Å². The number of benzene rings is 1. The van der Waals surface area contributed by atoms with Crippen molar-refractivity contribution >= 4 is 6.09 Å². The minimum atomic E-state index is -0.460. The fraction of sp³-hybridized carbons (Fsp3) is 0.364. The first kappa shape index (κ1) is 12.2. The Bertz CT molecular complexity index is 323. The Labute approximate surface area is 94.3 Å². The predicted octanol–water partition coefficient (Wildman–Crippen LogP) is 1.43. The molecule has 0 aliphatic rings. The lowest BCUT2D eigenvalue weighted by atomic mass is 10.3. The Morgan fingerprint density at radius 3 is 2.38 bits per heavy atom. The third kappa shape index (κ3) is 4.08. The molecule has 0 aromatic heterocycles. The van der Waals surface area contributed by atoms with E-state index >= 15 is 0 Å². The smallest absolute Gasteiger partial charge is 0.406 e. The Morgan fingerprint density at radius 1 is 1.19 bits per heavy atom. The summed E-state index contributed by atoms with van der Waals surface area (Å²) in [6.07, 6.45) is -0.460. The van der Waals surface area contributed by atoms with E-state index in [1.807, 2.05) is 0 Å². The maximum absolute atomic E-state index is 10.7. The number of rotatable bonds is 5. The molecule has 0 saturated carbocycles. The number of carbonyl (C=O) groups excluding carboxylic acids is 1. The molecule has 1 N–H and O–H groups in total. The van der Waals surface area contributed by atoms with Gasteiger partial charge in [-0.05, 0) is 24.3 Å². The van der Waals surface area contributed by atoms with Crippen LogP contribution in [0.1, 0.15) is 0 Å². The highest BCUT2D eigenvalue weighted by Gasteiger charge is 1.98. The van der Waals surface area contributed by atoms with Gasteiger partial charge in [-0.15, -0.1) is 0 Å². The first-order valence-electron chi connectivity index (χ1n) is 4.87. The van der Waals surface area contributed by atoms with Crippen molar-refractivity contribution in [3.8, 4) is 11.5 Å². The molecular weight excluding hydrogens is 210 g/mol. The second kappa shape index (κ2) is 6.55. The molecule has 16 heavy (non-hydrogen) atoms. The molecular formula is C11H15NO4. The molecule has 5 heteroatoms. The molecule has 1 aromatic carbocycles. The van der Waals surface area contributed by atoms with E-state index in [2.05, 4.69) is 5.32 Å². The van der Waals surface area contributed by atoms with Gasteiger partial charge in [0.05, 0.1) is 7.11 Å². The molecule has 0 atom stereocenters. The second-order valence-electron chi connectivity index (χ2n) is 2.91. The molecule has 0 saturated heterocycles. The Balaban J connectivity index is 2.24. The lowest BCUT2D eigenvalue weighted by Crippen LogP contribution is -2.21. The van der Waals surface area contributed by atoms with Crippen LogP contribution in [0.5, 0.6) is 11.5 Å². The zero-order chi connectivity index (χ0) is 11.8. The average Bonchev–Trinajstić information content (AvgIpc) is 2.35. The van der Waals surface area contributed by atoms with Crippen LogP contribution in [0.2, 0.25) is 0 Å². The summed E-state index contributed by atoms with van der Waals surface area (Å²) in [4.78, 5) is 10.7. The minimum absolute atomic E-state index is 0.214. The normalized spacial score (nSPS) is 9.38. The van der Waals surface area contributed by atoms with Gasteiger partial charge in [0.25, 0.3) is 0 Å². The molecule has 0 unspecified atom stereocenters. The van der Waals surface area contributed by atoms with Crippen molar-refractivity contribution in [2.24, 2.45) is 0 Å². The van der Waals surface area contributed by atoms with Gasteiger partial charge < -0.3 is 19.5 Å². The highest BCUT2D eigenvalue weighted by atomic mass is 16.6. The van der Waals surface area contributed by atoms with Crippen LogP contribution in [0.3, 0.4) is 0 Å². The SMILES string of the molecule is CNC(=O)OCCOc1ccc(OC)cc1. The molecule has 1 amide bonds. The van der Waals surface area contributed by atoms with Gasteiger partial charge in [-0.25, -0.2) is 4.79 Å². The summed E-state index contributed by atoms with van der Waals surface area (Å²) < 4.78 is 15.1. The average molecular weight is 225 g/mol. The van der Waals surface area contributed by atoms with Crippen LogP contribution in [-0.2, 0) is 4.74 Å². The van der Waals surface area contributed by atoms with E-state index in [0.717, 1.165) is 5.75 Å². The van der Waals surface area contributed by atoms with E-state index < -0.39 is 6.09 Å². The molecule has 0 bridgehead atoms. The summed E-state index contributed by atoms with van der Waals surface area (Å²) in [5.74, 6) is 1.48. The van der Waals surface area contributed by atoms with Crippen molar-refractivity contribution in [1.82, 2.24) is 5.32 Å². The molecule has 0 fully saturated rings. The number of hydrogen-bond acceptors (Lipinski definition) is 4. The van der Waals surface area contributed by atoms with Crippen molar-refractivity contribution in [2.45, 2.75) is 0 Å². The topological polar surface area (TPSA) is 56.8 Å². The Hall–Kier alpha value is -1.91. The fourth-order valence-corrected chi connectivity index (χ4v) is 1.04. The quantitative estimate of drug-likeness (QED) is 0.770. The van der Waals surface area contributed by atoms with Crippen LogP contribution in [0, 0.1) is 0 Å². The van der Waals surface area contributed by atoms with Crippen LogP contribution in [0.25, 0.3) is 0 Å². The second-order valence-corrected chi connectivity index (χ2v) is 2.91. The first-order valence-corrected chi connectivity index (χ1v) is 4.87. The summed E-state index contributed by atoms with van der Waals surface area (Å²) in [5.41, 5.74) is 0. The molecule has 0 aliphatic carbocycles. The van der Waals surface area contributed by atoms with Gasteiger partial charge in [-0.3, -0.25) is 0 Å². The molecule has 0 spiro atoms. The molecule has 88 valence electrons. The van der Waals surface area contributed by atoms with E-state index in [1.54, 1.807) is 31.4 Å². The summed E-state index contributed by atoms with van der Waals surface area (Å²) >= 11 is 0. The van der Waals surface area contributed by atoms with E-state index in [9.17, 15) is 4.79 Å². The lowest BCUT2D eigenvalue weighted by Gasteiger charge is -2.07. The molecule has 1 aromatic rings. The zero-order valence-corrected chi connectivity index (χ0v) is 9.36. The van der Waals surface area contributed by atoms with Gasteiger partial charge in [0.1, 0.15) is 24.7 Å². The fourth-order valence-electron chi connectivity index (χ4n) is 1.04. The molecule has 0 aliphatic heterocycles. The van der Waals surface area contributed by atoms with Gasteiger partial charge in [0, 0.05) is 7.05 Å². The third-order valence-electron chi connectivity index (χ3n) is 1.85. The van der Waals surface area contributed by atoms with Gasteiger partial charge in [0.2, 0.25) is 0 Å². The minimum Gasteiger partial charge on any atom is -0.497 e. The summed E-state index contributed by atoms with van der Waals surface area (Å²) in [7, 11) is 3.11. The highest BCUT2D eigenvalue weighted by molar-refractivity contribution is 5.66. The molecule has 0 heterocycles. The molecule has 0 radical (unpaired) electrons. The predicted molar refractivity (Wildman–Crippen MR) is 58.9 cm³/mol. The maximum atomic E-state index is 10.7. The maximum Gasteiger partial charge on any atom is 0.406 e. The van der Waals surface area contributed by atoms with Crippen LogP contribution in [0.15, 0.2) is 24.3 Å². The molecule has 5 nitrogen and oxygen atoms in total. The van der Waals surface area contributed by atoms with Crippen LogP contribution >= 0.6 is 0 Å². The van der Waals surface area contributed by atoms with Crippen LogP contribution < -0.4 is 14.8 Å². The van der Waals surface area contributed by atoms with Gasteiger partial charge in [-0.1, -0.05) is 0 Å². The largest absolute Gasteiger partial charge is 0.497 e. The summed E-state index contributed by atoms with van der Waals surface area (Å²) in [5, 5.41) is 2.35. The van der Waals surface area contributed by atoms with Crippen molar-refractivity contribution in [3.05, 3.63) is 24.3 Å². The zero-order valence-electron chi connectivity index (χ0n) is 9.36. The summed E-state index contributed by atoms with van der Waals surface area (Å²) in [6, 6.07) is 7.18. The first-order chi connectivity index (χ1) is 7.76. The van der Waals surface area contributed by atoms with E-state index in [1.165, 1.54) is 7.05 Å². The van der Waals surface area contributed by atoms with Gasteiger partial charge in [0.15, 0.2) is 0 Å². The Kier molecular flexibility index (Phi) is 4.98. The standard InChI is InChI=1S/C11H15NO4/c1-12-11(13)16-8-7-15-10-5-3-9(14-2)4-6-10/h3-6H,7-8H2,1-2H3,(H,12,13). The number of hydrogen-bond donors (Lipinski definition) is 1. The number of nitrogens with one attached hydrogen (secondary N) is 1. The third-order valence-corrected chi connectivity index (χ3v) is 1.85. The van der Waals surface area contributed by atoms with Crippen LogP contribution in [-0.4, -0.2) is 33.5 Å². The lowest BCUT2D eigenvalue weighted by molar-refractivity contribution is 0.127. The van der Waals surface area contributed by atoms with E-state index in [-0.39, 0.29) is 6.61 Å². The Morgan fingerprint density at radius 2 is 1.81 bits per heavy atom. The van der Waals surface area contributed by atoms with Gasteiger partial charge in [-0.2, -0.15) is 0 Å². The van der Waals surface area contributed by atoms with E-state index in [4.69, 9.17) is 14.2 Å². The number of methoxy groups -OCH3 is 1. The number of ether oxygens (including phenoxy) is 3. The highest BCUT2D eigenvalue weighted by Crippen LogP contribution is 2.16. The van der Waals surface area contributed by atoms with Crippen molar-refractivity contribution in [3.63, 3.8) is 0 Å². The number of carbonyl (C=O) groups is 1. The summed E-state index contributed by atoms with van der Waals surface area (Å²) in [6.45, 7) is 0.533. The van der Waals surface area contributed by atoms with Crippen molar-refractivity contribution in [2.75, 3.05) is 27.4 Å². The number of amides is 1.